The number of hydrogen-bond acceptors (Lipinski definition) is 3. The summed E-state index contributed by atoms with van der Waals surface area (Å²) in [6.45, 7) is 7.73. The van der Waals surface area contributed by atoms with Gasteiger partial charge in [-0.3, -0.25) is 4.48 Å². The quantitative estimate of drug-likeness (QED) is 0.421. The van der Waals surface area contributed by atoms with Gasteiger partial charge >= 0.3 is 0 Å². The fourth-order valence-corrected chi connectivity index (χ4v) is 1.88. The SMILES string of the molecule is CC(=O)[O-].CCCCN(CCCC)C(=NC)[N+](C)(C)C. The van der Waals surface area contributed by atoms with Crippen molar-refractivity contribution < 1.29 is 14.4 Å². The number of hydrogen-bond donors (Lipinski definition) is 0. The van der Waals surface area contributed by atoms with Crippen LogP contribution in [-0.2, 0) is 4.79 Å². The average molecular weight is 287 g/mol. The van der Waals surface area contributed by atoms with E-state index in [0.717, 1.165) is 24.5 Å². The molecule has 0 radical (unpaired) electrons. The van der Waals surface area contributed by atoms with E-state index in [1.54, 1.807) is 0 Å². The highest BCUT2D eigenvalue weighted by atomic mass is 16.4. The molecule has 0 atom stereocenters. The number of nitrogens with zero attached hydrogens (tertiary/aromatic N) is 3. The van der Waals surface area contributed by atoms with E-state index in [9.17, 15) is 0 Å². The summed E-state index contributed by atoms with van der Waals surface area (Å²) >= 11 is 0. The Balaban J connectivity index is 0. The van der Waals surface area contributed by atoms with Gasteiger partial charge in [-0.1, -0.05) is 26.7 Å². The molecule has 0 unspecified atom stereocenters. The van der Waals surface area contributed by atoms with E-state index in [1.165, 1.54) is 31.6 Å². The van der Waals surface area contributed by atoms with Gasteiger partial charge in [0.2, 0.25) is 0 Å². The predicted molar refractivity (Wildman–Crippen MR) is 83.5 cm³/mol. The molecule has 0 aromatic rings. The van der Waals surface area contributed by atoms with Gasteiger partial charge < -0.3 is 14.8 Å². The van der Waals surface area contributed by atoms with Crippen LogP contribution in [-0.4, -0.2) is 62.6 Å². The molecule has 0 heterocycles. The van der Waals surface area contributed by atoms with Crippen molar-refractivity contribution in [1.82, 2.24) is 4.90 Å². The van der Waals surface area contributed by atoms with Gasteiger partial charge in [-0.2, -0.15) is 0 Å². The minimum Gasteiger partial charge on any atom is -0.550 e. The van der Waals surface area contributed by atoms with Crippen LogP contribution in [0.25, 0.3) is 0 Å². The molecule has 0 bridgehead atoms. The molecule has 0 aromatic carbocycles. The highest BCUT2D eigenvalue weighted by molar-refractivity contribution is 5.72. The second kappa shape index (κ2) is 11.7. The number of carbonyl (C=O) groups is 1. The van der Waals surface area contributed by atoms with Crippen molar-refractivity contribution >= 4 is 11.9 Å². The smallest absolute Gasteiger partial charge is 0.299 e. The van der Waals surface area contributed by atoms with Gasteiger partial charge in [-0.15, -0.1) is 0 Å². The van der Waals surface area contributed by atoms with Crippen molar-refractivity contribution in [3.8, 4) is 0 Å². The number of quaternary nitrogens is 1. The predicted octanol–water partition coefficient (Wildman–Crippen LogP) is 1.34. The Morgan fingerprint density at radius 3 is 1.65 bits per heavy atom. The average Bonchev–Trinajstić information content (AvgIpc) is 2.30. The lowest BCUT2D eigenvalue weighted by Gasteiger charge is -2.33. The molecule has 0 fully saturated rings. The molecule has 0 N–H and O–H groups in total. The highest BCUT2D eigenvalue weighted by Gasteiger charge is 2.23. The third kappa shape index (κ3) is 12.0. The molecule has 0 amide bonds. The van der Waals surface area contributed by atoms with Crippen molar-refractivity contribution in [3.63, 3.8) is 0 Å². The number of carboxylic acid groups (broad SMARTS) is 1. The molecule has 5 heteroatoms. The summed E-state index contributed by atoms with van der Waals surface area (Å²) in [4.78, 5) is 15.8. The minimum atomic E-state index is -1.08. The fraction of sp³-hybridized carbons (Fsp3) is 0.867. The molecule has 0 aliphatic carbocycles. The highest BCUT2D eigenvalue weighted by Crippen LogP contribution is 2.06. The third-order valence-electron chi connectivity index (χ3n) is 2.65. The summed E-state index contributed by atoms with van der Waals surface area (Å²) in [7, 11) is 8.47. The Morgan fingerprint density at radius 1 is 1.10 bits per heavy atom. The normalized spacial score (nSPS) is 11.7. The van der Waals surface area contributed by atoms with Crippen molar-refractivity contribution in [2.24, 2.45) is 4.99 Å². The van der Waals surface area contributed by atoms with Gasteiger partial charge in [0.05, 0.1) is 21.1 Å². The van der Waals surface area contributed by atoms with Crippen LogP contribution in [0.5, 0.6) is 0 Å². The topological polar surface area (TPSA) is 55.7 Å². The molecule has 0 aromatic heterocycles. The van der Waals surface area contributed by atoms with E-state index < -0.39 is 5.97 Å². The summed E-state index contributed by atoms with van der Waals surface area (Å²) in [6.07, 6.45) is 5.00. The second-order valence-corrected chi connectivity index (χ2v) is 5.72. The van der Waals surface area contributed by atoms with E-state index in [2.05, 4.69) is 44.9 Å². The summed E-state index contributed by atoms with van der Waals surface area (Å²) < 4.78 is 0.809. The monoisotopic (exact) mass is 287 g/mol. The van der Waals surface area contributed by atoms with Crippen molar-refractivity contribution in [2.45, 2.75) is 46.5 Å². The van der Waals surface area contributed by atoms with Crippen molar-refractivity contribution in [1.29, 1.82) is 0 Å². The van der Waals surface area contributed by atoms with Crippen LogP contribution < -0.4 is 5.11 Å². The molecule has 0 spiro atoms. The Kier molecular flexibility index (Phi) is 12.4. The van der Waals surface area contributed by atoms with Crippen LogP contribution in [0.1, 0.15) is 46.5 Å². The number of aliphatic imine (C=N–C) groups is 1. The number of guanidine groups is 1. The summed E-state index contributed by atoms with van der Waals surface area (Å²) in [6, 6.07) is 0. The number of unbranched alkanes of at least 4 members (excludes halogenated alkanes) is 2. The number of carbonyl (C=O) groups excluding carboxylic acids is 1. The second-order valence-electron chi connectivity index (χ2n) is 5.72. The fourth-order valence-electron chi connectivity index (χ4n) is 1.88. The lowest BCUT2D eigenvalue weighted by atomic mass is 10.2. The molecular formula is C15H33N3O2. The third-order valence-corrected chi connectivity index (χ3v) is 2.65. The zero-order chi connectivity index (χ0) is 16.2. The van der Waals surface area contributed by atoms with Gasteiger partial charge in [0.1, 0.15) is 0 Å². The van der Waals surface area contributed by atoms with E-state index in [0.29, 0.717) is 0 Å². The Morgan fingerprint density at radius 2 is 1.45 bits per heavy atom. The number of carboxylic acids is 1. The Hall–Kier alpha value is -1.10. The zero-order valence-electron chi connectivity index (χ0n) is 14.4. The van der Waals surface area contributed by atoms with Gasteiger partial charge in [0, 0.05) is 26.1 Å². The largest absolute Gasteiger partial charge is 0.550 e. The number of rotatable bonds is 6. The standard InChI is InChI=1S/C13H30N3.C2H4O2/c1-7-9-11-15(12-10-8-2)13(14-3)16(4,5)6;1-2(3)4/h7-12H2,1-6H3;1H3,(H,3,4)/q+1;/p-1. The number of aliphatic carboxylic acids is 1. The zero-order valence-corrected chi connectivity index (χ0v) is 14.4. The van der Waals surface area contributed by atoms with Gasteiger partial charge in [-0.25, -0.2) is 4.99 Å². The van der Waals surface area contributed by atoms with Gasteiger partial charge in [0.15, 0.2) is 0 Å². The molecule has 120 valence electrons. The molecular weight excluding hydrogens is 254 g/mol. The first-order chi connectivity index (χ1) is 9.20. The molecule has 0 aliphatic rings. The maximum absolute atomic E-state index is 8.89. The van der Waals surface area contributed by atoms with Crippen LogP contribution in [0.15, 0.2) is 4.99 Å². The summed E-state index contributed by atoms with van der Waals surface area (Å²) in [5.41, 5.74) is 0. The van der Waals surface area contributed by atoms with Gasteiger partial charge in [0.25, 0.3) is 5.96 Å². The molecule has 0 saturated carbocycles. The maximum Gasteiger partial charge on any atom is 0.299 e. The molecule has 0 saturated heterocycles. The van der Waals surface area contributed by atoms with Crippen molar-refractivity contribution in [2.75, 3.05) is 41.3 Å². The molecule has 0 aliphatic heterocycles. The van der Waals surface area contributed by atoms with Crippen LogP contribution in [0.3, 0.4) is 0 Å². The Bertz CT molecular complexity index is 271. The van der Waals surface area contributed by atoms with E-state index in [1.807, 2.05) is 7.05 Å². The molecule has 5 nitrogen and oxygen atoms in total. The van der Waals surface area contributed by atoms with E-state index >= 15 is 0 Å². The first-order valence-corrected chi connectivity index (χ1v) is 7.41. The van der Waals surface area contributed by atoms with Crippen LogP contribution in [0.4, 0.5) is 0 Å². The first kappa shape index (κ1) is 21.2. The van der Waals surface area contributed by atoms with E-state index in [-0.39, 0.29) is 0 Å². The van der Waals surface area contributed by atoms with Crippen LogP contribution in [0, 0.1) is 0 Å². The summed E-state index contributed by atoms with van der Waals surface area (Å²) in [5.74, 6) is 0.113. The Labute approximate surface area is 124 Å². The molecule has 20 heavy (non-hydrogen) atoms. The van der Waals surface area contributed by atoms with Crippen molar-refractivity contribution in [3.05, 3.63) is 0 Å². The lowest BCUT2D eigenvalue weighted by molar-refractivity contribution is -0.783. The van der Waals surface area contributed by atoms with Crippen LogP contribution in [0.2, 0.25) is 0 Å². The summed E-state index contributed by atoms with van der Waals surface area (Å²) in [5, 5.41) is 8.89. The van der Waals surface area contributed by atoms with E-state index in [4.69, 9.17) is 9.90 Å². The van der Waals surface area contributed by atoms with Gasteiger partial charge in [-0.05, 0) is 19.8 Å². The first-order valence-electron chi connectivity index (χ1n) is 7.41. The lowest BCUT2D eigenvalue weighted by Crippen LogP contribution is -2.52. The maximum atomic E-state index is 8.89. The van der Waals surface area contributed by atoms with Crippen LogP contribution >= 0.6 is 0 Å². The molecule has 0 rings (SSSR count). The minimum absolute atomic E-state index is 0.809.